The highest BCUT2D eigenvalue weighted by Gasteiger charge is 2.15. The fraction of sp³-hybridized carbons (Fsp3) is 0. The number of benzene rings is 1. The Morgan fingerprint density at radius 2 is 2.06 bits per heavy atom. The van der Waals surface area contributed by atoms with Crippen molar-refractivity contribution in [1.29, 1.82) is 0 Å². The van der Waals surface area contributed by atoms with E-state index in [1.807, 2.05) is 0 Å². The number of aldehydes is 1. The second-order valence-electron chi connectivity index (χ2n) is 2.97. The van der Waals surface area contributed by atoms with Crippen molar-refractivity contribution >= 4 is 45.4 Å². The molecule has 0 unspecified atom stereocenters. The average molecular weight is 321 g/mol. The molecule has 0 spiro atoms. The maximum atomic E-state index is 10.8. The molecule has 16 heavy (non-hydrogen) atoms. The smallest absolute Gasteiger partial charge is 0.213 e. The molecule has 1 aromatic heterocycles. The van der Waals surface area contributed by atoms with E-state index in [0.29, 0.717) is 37.8 Å². The molecule has 82 valence electrons. The van der Waals surface area contributed by atoms with Crippen molar-refractivity contribution in [2.24, 2.45) is 0 Å². The molecule has 0 amide bonds. The molecule has 0 aliphatic heterocycles. The van der Waals surface area contributed by atoms with Gasteiger partial charge in [-0.25, -0.2) is 0 Å². The van der Waals surface area contributed by atoms with Gasteiger partial charge in [0.1, 0.15) is 5.69 Å². The van der Waals surface area contributed by atoms with Crippen molar-refractivity contribution < 1.29 is 9.32 Å². The van der Waals surface area contributed by atoms with Crippen molar-refractivity contribution in [3.63, 3.8) is 0 Å². The summed E-state index contributed by atoms with van der Waals surface area (Å²) in [6.07, 6.45) is 0.665. The van der Waals surface area contributed by atoms with Crippen LogP contribution in [0.25, 0.3) is 11.3 Å². The highest BCUT2D eigenvalue weighted by molar-refractivity contribution is 9.10. The fourth-order valence-electron chi connectivity index (χ4n) is 1.23. The summed E-state index contributed by atoms with van der Waals surface area (Å²) >= 11 is 14.8. The van der Waals surface area contributed by atoms with Crippen LogP contribution >= 0.6 is 39.1 Å². The molecule has 0 fully saturated rings. The highest BCUT2D eigenvalue weighted by Crippen LogP contribution is 2.31. The third-order valence-corrected chi connectivity index (χ3v) is 3.31. The minimum Gasteiger partial charge on any atom is -0.348 e. The molecule has 6 heteroatoms. The van der Waals surface area contributed by atoms with Crippen LogP contribution < -0.4 is 0 Å². The summed E-state index contributed by atoms with van der Waals surface area (Å²) in [6.45, 7) is 0. The Morgan fingerprint density at radius 1 is 1.31 bits per heavy atom. The highest BCUT2D eigenvalue weighted by atomic mass is 79.9. The van der Waals surface area contributed by atoms with Crippen molar-refractivity contribution in [2.75, 3.05) is 0 Å². The molecule has 3 nitrogen and oxygen atoms in total. The minimum absolute atomic E-state index is 0.295. The van der Waals surface area contributed by atoms with Gasteiger partial charge in [0.15, 0.2) is 6.29 Å². The Hall–Kier alpha value is -0.840. The molecule has 0 N–H and O–H groups in total. The van der Waals surface area contributed by atoms with Crippen molar-refractivity contribution in [3.8, 4) is 11.3 Å². The van der Waals surface area contributed by atoms with Gasteiger partial charge in [0.05, 0.1) is 15.6 Å². The maximum absolute atomic E-state index is 10.8. The molecule has 0 saturated carbocycles. The fourth-order valence-corrected chi connectivity index (χ4v) is 1.88. The van der Waals surface area contributed by atoms with E-state index >= 15 is 0 Å². The van der Waals surface area contributed by atoms with Crippen LogP contribution in [0.1, 0.15) is 10.4 Å². The molecule has 0 aliphatic rings. The number of rotatable bonds is 2. The molecule has 0 aliphatic carbocycles. The third-order valence-electron chi connectivity index (χ3n) is 1.99. The van der Waals surface area contributed by atoms with Gasteiger partial charge in [0.25, 0.3) is 0 Å². The topological polar surface area (TPSA) is 43.1 Å². The molecular formula is C10H4BrCl2NO2. The second-order valence-corrected chi connectivity index (χ2v) is 4.50. The van der Waals surface area contributed by atoms with Crippen molar-refractivity contribution in [2.45, 2.75) is 0 Å². The lowest BCUT2D eigenvalue weighted by atomic mass is 10.1. The van der Waals surface area contributed by atoms with Gasteiger partial charge < -0.3 is 4.52 Å². The molecule has 0 saturated heterocycles. The maximum Gasteiger partial charge on any atom is 0.213 e. The first-order valence-electron chi connectivity index (χ1n) is 4.19. The molecule has 2 aromatic rings. The predicted molar refractivity (Wildman–Crippen MR) is 65.0 cm³/mol. The van der Waals surface area contributed by atoms with Crippen LogP contribution in [0.5, 0.6) is 0 Å². The monoisotopic (exact) mass is 319 g/mol. The molecule has 1 aromatic carbocycles. The lowest BCUT2D eigenvalue weighted by molar-refractivity contribution is 0.112. The summed E-state index contributed by atoms with van der Waals surface area (Å²) in [4.78, 5) is 10.8. The van der Waals surface area contributed by atoms with Crippen molar-refractivity contribution in [1.82, 2.24) is 5.16 Å². The standard InChI is InChI=1S/C10H4BrCl2NO2/c11-10-6(4-15)9(14-16-10)5-1-2-7(12)8(13)3-5/h1-4H. The van der Waals surface area contributed by atoms with Crippen LogP contribution in [0.2, 0.25) is 10.0 Å². The number of halogens is 3. The van der Waals surface area contributed by atoms with Gasteiger partial charge in [-0.1, -0.05) is 34.4 Å². The summed E-state index contributed by atoms with van der Waals surface area (Å²) in [5, 5.41) is 4.62. The van der Waals surface area contributed by atoms with Crippen LogP contribution in [0, 0.1) is 0 Å². The zero-order chi connectivity index (χ0) is 11.7. The quantitative estimate of drug-likeness (QED) is 0.778. The van der Waals surface area contributed by atoms with E-state index in [1.165, 1.54) is 0 Å². The van der Waals surface area contributed by atoms with Crippen LogP contribution in [-0.4, -0.2) is 11.4 Å². The molecule has 2 rings (SSSR count). The molecule has 0 radical (unpaired) electrons. The lowest BCUT2D eigenvalue weighted by Crippen LogP contribution is -1.85. The number of nitrogens with zero attached hydrogens (tertiary/aromatic N) is 1. The second kappa shape index (κ2) is 4.57. The van der Waals surface area contributed by atoms with E-state index in [4.69, 9.17) is 27.7 Å². The Morgan fingerprint density at radius 3 is 2.69 bits per heavy atom. The van der Waals surface area contributed by atoms with Gasteiger partial charge in [0, 0.05) is 5.56 Å². The summed E-state index contributed by atoms with van der Waals surface area (Å²) in [5.74, 6) is 0. The van der Waals surface area contributed by atoms with E-state index in [2.05, 4.69) is 21.1 Å². The summed E-state index contributed by atoms with van der Waals surface area (Å²) in [6, 6.07) is 4.98. The zero-order valence-electron chi connectivity index (χ0n) is 7.71. The molecule has 0 atom stereocenters. The first-order chi connectivity index (χ1) is 7.63. The van der Waals surface area contributed by atoms with Crippen LogP contribution in [0.4, 0.5) is 0 Å². The van der Waals surface area contributed by atoms with Gasteiger partial charge in [-0.2, -0.15) is 0 Å². The third kappa shape index (κ3) is 2.00. The van der Waals surface area contributed by atoms with E-state index in [0.717, 1.165) is 0 Å². The Labute approximate surface area is 109 Å². The molecule has 0 bridgehead atoms. The Kier molecular flexibility index (Phi) is 3.33. The SMILES string of the molecule is O=Cc1c(-c2ccc(Cl)c(Cl)c2)noc1Br. The van der Waals surface area contributed by atoms with E-state index in [-0.39, 0.29) is 0 Å². The first-order valence-corrected chi connectivity index (χ1v) is 5.74. The number of carbonyl (C=O) groups is 1. The predicted octanol–water partition coefficient (Wildman–Crippen LogP) is 4.22. The van der Waals surface area contributed by atoms with Gasteiger partial charge in [-0.15, -0.1) is 0 Å². The Balaban J connectivity index is 2.58. The van der Waals surface area contributed by atoms with E-state index < -0.39 is 0 Å². The largest absolute Gasteiger partial charge is 0.348 e. The lowest BCUT2D eigenvalue weighted by Gasteiger charge is -1.99. The van der Waals surface area contributed by atoms with E-state index in [1.54, 1.807) is 18.2 Å². The summed E-state index contributed by atoms with van der Waals surface area (Å²) in [7, 11) is 0. The molecular weight excluding hydrogens is 317 g/mol. The van der Waals surface area contributed by atoms with E-state index in [9.17, 15) is 4.79 Å². The summed E-state index contributed by atoms with van der Waals surface area (Å²) in [5.41, 5.74) is 1.45. The van der Waals surface area contributed by atoms with Crippen LogP contribution in [0.3, 0.4) is 0 Å². The average Bonchev–Trinajstić information content (AvgIpc) is 2.63. The minimum atomic E-state index is 0.295. The molecule has 1 heterocycles. The number of hydrogen-bond donors (Lipinski definition) is 0. The van der Waals surface area contributed by atoms with Crippen LogP contribution in [0.15, 0.2) is 27.4 Å². The number of hydrogen-bond acceptors (Lipinski definition) is 3. The van der Waals surface area contributed by atoms with Gasteiger partial charge in [-0.3, -0.25) is 4.79 Å². The van der Waals surface area contributed by atoms with Crippen molar-refractivity contribution in [3.05, 3.63) is 38.5 Å². The van der Waals surface area contributed by atoms with Gasteiger partial charge >= 0.3 is 0 Å². The normalized spacial score (nSPS) is 10.4. The van der Waals surface area contributed by atoms with Gasteiger partial charge in [-0.05, 0) is 28.1 Å². The number of aromatic nitrogens is 1. The van der Waals surface area contributed by atoms with Gasteiger partial charge in [0.2, 0.25) is 4.67 Å². The van der Waals surface area contributed by atoms with Crippen LogP contribution in [-0.2, 0) is 0 Å². The zero-order valence-corrected chi connectivity index (χ0v) is 10.8. The first kappa shape index (κ1) is 11.6. The summed E-state index contributed by atoms with van der Waals surface area (Å²) < 4.78 is 5.17. The Bertz CT molecular complexity index is 554. The number of carbonyl (C=O) groups excluding carboxylic acids is 1.